The number of halogens is 3. The minimum atomic E-state index is -0.798. The van der Waals surface area contributed by atoms with Gasteiger partial charge in [0.1, 0.15) is 0 Å². The molecule has 0 unspecified atom stereocenters. The van der Waals surface area contributed by atoms with E-state index in [1.54, 1.807) is 0 Å². The first kappa shape index (κ1) is 20.3. The first-order chi connectivity index (χ1) is 12.0. The van der Waals surface area contributed by atoms with E-state index in [2.05, 4.69) is 15.5 Å². The Labute approximate surface area is 161 Å². The van der Waals surface area contributed by atoms with E-state index >= 15 is 0 Å². The van der Waals surface area contributed by atoms with Crippen LogP contribution in [0.5, 0.6) is 0 Å². The summed E-state index contributed by atoms with van der Waals surface area (Å²) in [6.45, 7) is 4.83. The van der Waals surface area contributed by atoms with Crippen molar-refractivity contribution in [2.45, 2.75) is 12.8 Å². The Hall–Kier alpha value is -1.05. The summed E-state index contributed by atoms with van der Waals surface area (Å²) in [7, 11) is 0. The van der Waals surface area contributed by atoms with Crippen LogP contribution in [0.4, 0.5) is 5.69 Å². The molecule has 0 saturated carbocycles. The zero-order chi connectivity index (χ0) is 18.2. The van der Waals surface area contributed by atoms with Gasteiger partial charge in [0, 0.05) is 19.6 Å². The van der Waals surface area contributed by atoms with Crippen LogP contribution < -0.4 is 10.6 Å². The zero-order valence-electron chi connectivity index (χ0n) is 13.6. The van der Waals surface area contributed by atoms with Crippen molar-refractivity contribution < 1.29 is 14.3 Å². The number of hydrogen-bond acceptors (Lipinski definition) is 4. The van der Waals surface area contributed by atoms with Crippen LogP contribution >= 0.6 is 34.8 Å². The van der Waals surface area contributed by atoms with Crippen molar-refractivity contribution in [1.82, 2.24) is 10.2 Å². The lowest BCUT2D eigenvalue weighted by molar-refractivity contribution is -0.136. The summed E-state index contributed by atoms with van der Waals surface area (Å²) in [6.07, 6.45) is 1.74. The monoisotopic (exact) mass is 407 g/mol. The standard InChI is InChI=1S/C16H20Cl3N3O3/c17-11-9-13(19)14(10-12(11)18)21-16(24)15(23)20-3-1-2-4-22-5-7-25-8-6-22/h9-10H,1-8H2,(H,20,23)(H,21,24). The minimum absolute atomic E-state index is 0.209. The van der Waals surface area contributed by atoms with Gasteiger partial charge in [-0.05, 0) is 31.5 Å². The van der Waals surface area contributed by atoms with Gasteiger partial charge in [-0.2, -0.15) is 0 Å². The number of amides is 2. The molecule has 0 aliphatic carbocycles. The van der Waals surface area contributed by atoms with Crippen molar-refractivity contribution in [2.75, 3.05) is 44.7 Å². The van der Waals surface area contributed by atoms with Crippen LogP contribution in [0.2, 0.25) is 15.1 Å². The van der Waals surface area contributed by atoms with E-state index in [1.807, 2.05) is 0 Å². The van der Waals surface area contributed by atoms with Gasteiger partial charge in [0.25, 0.3) is 0 Å². The molecule has 9 heteroatoms. The predicted molar refractivity (Wildman–Crippen MR) is 99.6 cm³/mol. The van der Waals surface area contributed by atoms with E-state index in [4.69, 9.17) is 39.5 Å². The first-order valence-electron chi connectivity index (χ1n) is 8.01. The Balaban J connectivity index is 1.68. The summed E-state index contributed by atoms with van der Waals surface area (Å²) in [4.78, 5) is 26.0. The van der Waals surface area contributed by atoms with Crippen LogP contribution in [0.3, 0.4) is 0 Å². The van der Waals surface area contributed by atoms with Gasteiger partial charge in [-0.1, -0.05) is 34.8 Å². The fraction of sp³-hybridized carbons (Fsp3) is 0.500. The molecule has 1 aromatic rings. The highest BCUT2D eigenvalue weighted by Gasteiger charge is 2.16. The summed E-state index contributed by atoms with van der Waals surface area (Å²) in [6, 6.07) is 2.81. The fourth-order valence-electron chi connectivity index (χ4n) is 2.36. The van der Waals surface area contributed by atoms with Gasteiger partial charge >= 0.3 is 11.8 Å². The summed E-state index contributed by atoms with van der Waals surface area (Å²) in [5, 5.41) is 5.73. The van der Waals surface area contributed by atoms with Gasteiger partial charge < -0.3 is 15.4 Å². The highest BCUT2D eigenvalue weighted by Crippen LogP contribution is 2.32. The van der Waals surface area contributed by atoms with Crippen molar-refractivity contribution in [3.63, 3.8) is 0 Å². The number of benzene rings is 1. The highest BCUT2D eigenvalue weighted by atomic mass is 35.5. The van der Waals surface area contributed by atoms with Gasteiger partial charge in [0.05, 0.1) is 34.0 Å². The van der Waals surface area contributed by atoms with Gasteiger partial charge in [0.2, 0.25) is 0 Å². The largest absolute Gasteiger partial charge is 0.379 e. The molecule has 1 aliphatic heterocycles. The SMILES string of the molecule is O=C(NCCCCN1CCOCC1)C(=O)Nc1cc(Cl)c(Cl)cc1Cl. The van der Waals surface area contributed by atoms with Gasteiger partial charge in [-0.3, -0.25) is 14.5 Å². The number of rotatable bonds is 6. The van der Waals surface area contributed by atoms with Crippen LogP contribution in [0.25, 0.3) is 0 Å². The number of morpholine rings is 1. The number of carbonyl (C=O) groups is 2. The Morgan fingerprint density at radius 3 is 2.40 bits per heavy atom. The minimum Gasteiger partial charge on any atom is -0.379 e. The third-order valence-electron chi connectivity index (χ3n) is 3.75. The molecule has 2 rings (SSSR count). The Bertz CT molecular complexity index is 622. The third kappa shape index (κ3) is 6.64. The van der Waals surface area contributed by atoms with Gasteiger partial charge in [0.15, 0.2) is 0 Å². The molecule has 0 aromatic heterocycles. The molecule has 138 valence electrons. The molecule has 1 saturated heterocycles. The molecule has 6 nitrogen and oxygen atoms in total. The van der Waals surface area contributed by atoms with E-state index in [9.17, 15) is 9.59 Å². The maximum absolute atomic E-state index is 11.9. The summed E-state index contributed by atoms with van der Waals surface area (Å²) in [5.41, 5.74) is 0.239. The maximum Gasteiger partial charge on any atom is 0.313 e. The van der Waals surface area contributed by atoms with Crippen LogP contribution in [-0.2, 0) is 14.3 Å². The van der Waals surface area contributed by atoms with Crippen LogP contribution in [0.15, 0.2) is 12.1 Å². The highest BCUT2D eigenvalue weighted by molar-refractivity contribution is 6.45. The zero-order valence-corrected chi connectivity index (χ0v) is 15.9. The molecule has 0 bridgehead atoms. The van der Waals surface area contributed by atoms with Crippen molar-refractivity contribution in [3.8, 4) is 0 Å². The normalized spacial score (nSPS) is 15.0. The number of hydrogen-bond donors (Lipinski definition) is 2. The van der Waals surface area contributed by atoms with Gasteiger partial charge in [-0.25, -0.2) is 0 Å². The van der Waals surface area contributed by atoms with E-state index in [-0.39, 0.29) is 20.8 Å². The first-order valence-corrected chi connectivity index (χ1v) is 9.14. The van der Waals surface area contributed by atoms with E-state index in [0.29, 0.717) is 6.54 Å². The molecule has 1 fully saturated rings. The summed E-state index contributed by atoms with van der Waals surface area (Å²) in [5.74, 6) is -1.51. The Morgan fingerprint density at radius 2 is 1.68 bits per heavy atom. The maximum atomic E-state index is 11.9. The lowest BCUT2D eigenvalue weighted by Gasteiger charge is -2.26. The molecule has 0 spiro atoms. The van der Waals surface area contributed by atoms with E-state index in [1.165, 1.54) is 12.1 Å². The summed E-state index contributed by atoms with van der Waals surface area (Å²) < 4.78 is 5.29. The molecular formula is C16H20Cl3N3O3. The topological polar surface area (TPSA) is 70.7 Å². The fourth-order valence-corrected chi connectivity index (χ4v) is 2.96. The third-order valence-corrected chi connectivity index (χ3v) is 4.79. The predicted octanol–water partition coefficient (Wildman–Crippen LogP) is 2.81. The molecule has 0 atom stereocenters. The second-order valence-electron chi connectivity index (χ2n) is 5.62. The molecule has 0 radical (unpaired) electrons. The molecule has 1 aliphatic rings. The van der Waals surface area contributed by atoms with Crippen LogP contribution in [-0.4, -0.2) is 56.1 Å². The molecule has 2 N–H and O–H groups in total. The van der Waals surface area contributed by atoms with Crippen LogP contribution in [0.1, 0.15) is 12.8 Å². The average Bonchev–Trinajstić information content (AvgIpc) is 2.60. The number of nitrogens with one attached hydrogen (secondary N) is 2. The number of ether oxygens (including phenoxy) is 1. The lowest BCUT2D eigenvalue weighted by atomic mass is 10.2. The van der Waals surface area contributed by atoms with Crippen molar-refractivity contribution >= 4 is 52.3 Å². The second-order valence-corrected chi connectivity index (χ2v) is 6.84. The van der Waals surface area contributed by atoms with Gasteiger partial charge in [-0.15, -0.1) is 0 Å². The Morgan fingerprint density at radius 1 is 1.00 bits per heavy atom. The lowest BCUT2D eigenvalue weighted by Crippen LogP contribution is -2.38. The molecule has 1 aromatic carbocycles. The quantitative estimate of drug-likeness (QED) is 0.431. The Kier molecular flexibility index (Phi) is 8.26. The number of carbonyl (C=O) groups excluding carboxylic acids is 2. The summed E-state index contributed by atoms with van der Waals surface area (Å²) >= 11 is 17.7. The second kappa shape index (κ2) is 10.2. The van der Waals surface area contributed by atoms with Crippen molar-refractivity contribution in [3.05, 3.63) is 27.2 Å². The number of anilines is 1. The van der Waals surface area contributed by atoms with Crippen molar-refractivity contribution in [1.29, 1.82) is 0 Å². The van der Waals surface area contributed by atoms with E-state index in [0.717, 1.165) is 45.7 Å². The van der Waals surface area contributed by atoms with Crippen molar-refractivity contribution in [2.24, 2.45) is 0 Å². The van der Waals surface area contributed by atoms with Crippen LogP contribution in [0, 0.1) is 0 Å². The molecule has 25 heavy (non-hydrogen) atoms. The van der Waals surface area contributed by atoms with E-state index < -0.39 is 11.8 Å². The number of nitrogens with zero attached hydrogens (tertiary/aromatic N) is 1. The average molecular weight is 409 g/mol. The number of unbranched alkanes of at least 4 members (excludes halogenated alkanes) is 1. The molecule has 1 heterocycles. The molecule has 2 amide bonds. The molecular weight excluding hydrogens is 389 g/mol. The smallest absolute Gasteiger partial charge is 0.313 e.